The van der Waals surface area contributed by atoms with Gasteiger partial charge in [-0.15, -0.1) is 8.78 Å². The molecule has 1 fully saturated rings. The number of aromatic nitrogens is 7. The number of carbonyl (C=O) groups excluding carboxylic acids is 2. The van der Waals surface area contributed by atoms with Crippen molar-refractivity contribution in [1.29, 1.82) is 0 Å². The van der Waals surface area contributed by atoms with Gasteiger partial charge in [0.15, 0.2) is 0 Å². The van der Waals surface area contributed by atoms with Crippen LogP contribution in [0.4, 0.5) is 20.2 Å². The first-order chi connectivity index (χ1) is 25.5. The van der Waals surface area contributed by atoms with Gasteiger partial charge in [-0.1, -0.05) is 19.3 Å². The molecule has 1 saturated carbocycles. The number of benzene rings is 2. The van der Waals surface area contributed by atoms with Crippen LogP contribution < -0.4 is 15.4 Å². The monoisotopic (exact) mass is 733 g/mol. The van der Waals surface area contributed by atoms with E-state index < -0.39 is 16.9 Å². The van der Waals surface area contributed by atoms with Crippen LogP contribution in [-0.2, 0) is 23.7 Å². The predicted molar refractivity (Wildman–Crippen MR) is 192 cm³/mol. The third-order valence-corrected chi connectivity index (χ3v) is 10.2. The van der Waals surface area contributed by atoms with Gasteiger partial charge in [-0.3, -0.25) is 19.3 Å². The van der Waals surface area contributed by atoms with Gasteiger partial charge >= 0.3 is 5.57 Å². The van der Waals surface area contributed by atoms with Crippen LogP contribution >= 0.6 is 11.6 Å². The maximum absolute atomic E-state index is 13.8. The van der Waals surface area contributed by atoms with Gasteiger partial charge in [0.05, 0.1) is 22.5 Å². The van der Waals surface area contributed by atoms with Crippen molar-refractivity contribution < 1.29 is 23.1 Å². The Morgan fingerprint density at radius 1 is 1.00 bits per heavy atom. The summed E-state index contributed by atoms with van der Waals surface area (Å²) in [6, 6.07) is 14.6. The van der Waals surface area contributed by atoms with Crippen LogP contribution in [-0.4, -0.2) is 51.9 Å². The van der Waals surface area contributed by atoms with E-state index in [2.05, 4.69) is 25.5 Å². The van der Waals surface area contributed by atoms with Crippen molar-refractivity contribution in [3.05, 3.63) is 102 Å². The van der Waals surface area contributed by atoms with E-state index in [9.17, 15) is 18.4 Å². The fourth-order valence-electron chi connectivity index (χ4n) is 7.73. The molecule has 2 N–H and O–H groups in total. The first kappa shape index (κ1) is 32.9. The summed E-state index contributed by atoms with van der Waals surface area (Å²) in [6.07, 6.45) is 12.1. The standard InChI is InChI=1S/C38H30ClF2N9O3/c1-49-14-10-29(47-49)28-9-13-42-36(46-28)50-20-23-18-30-27(33(23)48-50)16-22(19-43-30)26-15-21(17-31-32(26)37(35(52)45-31)11-3-2-4-12-37)34(51)44-24-5-7-25(8-6-24)53-38(39,40)41/h5-10,13-17,19-20H,2-4,11-12,18H2,1H3,(H,44,51)(H,45,52). The lowest BCUT2D eigenvalue weighted by Gasteiger charge is -2.33. The molecule has 0 bridgehead atoms. The van der Waals surface area contributed by atoms with Gasteiger partial charge in [0.25, 0.3) is 11.9 Å². The molecule has 0 radical (unpaired) electrons. The summed E-state index contributed by atoms with van der Waals surface area (Å²) in [7, 11) is 1.85. The number of amides is 2. The zero-order valence-corrected chi connectivity index (χ0v) is 29.0. The number of carbonyl (C=O) groups is 2. The van der Waals surface area contributed by atoms with Crippen LogP contribution in [0.2, 0.25) is 0 Å². The summed E-state index contributed by atoms with van der Waals surface area (Å²) in [5, 5.41) is 15.3. The first-order valence-corrected chi connectivity index (χ1v) is 17.5. The van der Waals surface area contributed by atoms with Crippen LogP contribution in [0.15, 0.2) is 79.4 Å². The van der Waals surface area contributed by atoms with E-state index in [0.29, 0.717) is 47.8 Å². The summed E-state index contributed by atoms with van der Waals surface area (Å²) in [4.78, 5) is 41.5. The van der Waals surface area contributed by atoms with E-state index in [-0.39, 0.29) is 11.7 Å². The number of nitrogens with one attached hydrogen (secondary N) is 2. The van der Waals surface area contributed by atoms with Crippen molar-refractivity contribution >= 4 is 34.8 Å². The number of nitrogens with zero attached hydrogens (tertiary/aromatic N) is 7. The van der Waals surface area contributed by atoms with Gasteiger partial charge in [-0.25, -0.2) is 14.6 Å². The first-order valence-electron chi connectivity index (χ1n) is 17.1. The molecule has 266 valence electrons. The fraction of sp³-hybridized carbons (Fsp3) is 0.237. The zero-order valence-electron chi connectivity index (χ0n) is 28.2. The number of hydrogen-bond donors (Lipinski definition) is 2. The average molecular weight is 734 g/mol. The predicted octanol–water partition coefficient (Wildman–Crippen LogP) is 7.27. The maximum Gasteiger partial charge on any atom is 0.487 e. The summed E-state index contributed by atoms with van der Waals surface area (Å²) < 4.78 is 34.0. The van der Waals surface area contributed by atoms with Crippen LogP contribution in [0.1, 0.15) is 59.3 Å². The Labute approximate surface area is 306 Å². The molecule has 5 heterocycles. The van der Waals surface area contributed by atoms with Gasteiger partial charge in [0.1, 0.15) is 11.4 Å². The summed E-state index contributed by atoms with van der Waals surface area (Å²) in [6.45, 7) is 0. The fourth-order valence-corrected chi connectivity index (χ4v) is 7.82. The molecule has 2 aliphatic carbocycles. The van der Waals surface area contributed by atoms with Gasteiger partial charge in [0, 0.05) is 83.5 Å². The van der Waals surface area contributed by atoms with Gasteiger partial charge < -0.3 is 15.4 Å². The molecular weight excluding hydrogens is 704 g/mol. The van der Waals surface area contributed by atoms with Crippen molar-refractivity contribution in [2.75, 3.05) is 10.6 Å². The van der Waals surface area contributed by atoms with Crippen molar-refractivity contribution in [1.82, 2.24) is 34.5 Å². The molecule has 12 nitrogen and oxygen atoms in total. The second-order valence-electron chi connectivity index (χ2n) is 13.5. The summed E-state index contributed by atoms with van der Waals surface area (Å²) >= 11 is 4.88. The third kappa shape index (κ3) is 5.88. The summed E-state index contributed by atoms with van der Waals surface area (Å²) in [5.41, 5.74) is 3.85. The van der Waals surface area contributed by atoms with Gasteiger partial charge in [-0.2, -0.15) is 10.2 Å². The van der Waals surface area contributed by atoms with E-state index in [1.165, 1.54) is 24.3 Å². The molecule has 9 rings (SSSR count). The van der Waals surface area contributed by atoms with E-state index in [1.807, 2.05) is 31.6 Å². The Hall–Kier alpha value is -6.02. The van der Waals surface area contributed by atoms with Crippen molar-refractivity contribution in [2.45, 2.75) is 49.5 Å². The van der Waals surface area contributed by atoms with Crippen molar-refractivity contribution in [2.24, 2.45) is 7.05 Å². The largest absolute Gasteiger partial charge is 0.487 e. The van der Waals surface area contributed by atoms with Gasteiger partial charge in [0.2, 0.25) is 5.91 Å². The molecule has 6 aromatic rings. The van der Waals surface area contributed by atoms with Crippen molar-refractivity contribution in [3.63, 3.8) is 0 Å². The van der Waals surface area contributed by atoms with Crippen LogP contribution in [0.25, 0.3) is 39.7 Å². The third-order valence-electron chi connectivity index (χ3n) is 10.1. The Morgan fingerprint density at radius 3 is 2.57 bits per heavy atom. The quantitative estimate of drug-likeness (QED) is 0.163. The topological polar surface area (TPSA) is 142 Å². The normalized spacial score (nSPS) is 15.5. The number of anilines is 2. The van der Waals surface area contributed by atoms with E-state index in [0.717, 1.165) is 64.2 Å². The van der Waals surface area contributed by atoms with Crippen LogP contribution in [0.3, 0.4) is 0 Å². The molecular formula is C38H30ClF2N9O3. The van der Waals surface area contributed by atoms with Crippen molar-refractivity contribution in [3.8, 4) is 45.5 Å². The number of fused-ring (bicyclic) bond motifs is 5. The maximum atomic E-state index is 13.8. The van der Waals surface area contributed by atoms with E-state index in [4.69, 9.17) is 26.7 Å². The molecule has 0 saturated heterocycles. The lowest BCUT2D eigenvalue weighted by atomic mass is 9.68. The highest BCUT2D eigenvalue weighted by Crippen LogP contribution is 2.52. The molecule has 0 unspecified atom stereocenters. The molecule has 3 aliphatic rings. The van der Waals surface area contributed by atoms with Crippen LogP contribution in [0.5, 0.6) is 5.75 Å². The highest BCUT2D eigenvalue weighted by atomic mass is 35.5. The Kier molecular flexibility index (Phi) is 7.62. The SMILES string of the molecule is Cn1ccc(-c2ccnc(-n3cc4c(n3)-c3cc(-c5cc(C(=O)Nc6ccc(OC(F)(F)Cl)cc6)cc6c5C5(CCCCC5)C(=O)N6)cnc3C4)n2)n1. The summed E-state index contributed by atoms with van der Waals surface area (Å²) in [5.74, 6) is -0.272. The molecule has 2 amide bonds. The Bertz CT molecular complexity index is 2450. The highest BCUT2D eigenvalue weighted by Gasteiger charge is 2.49. The smallest absolute Gasteiger partial charge is 0.420 e. The zero-order chi connectivity index (χ0) is 36.5. The lowest BCUT2D eigenvalue weighted by molar-refractivity contribution is -0.121. The number of rotatable bonds is 7. The molecule has 1 spiro atoms. The molecule has 0 atom stereocenters. The van der Waals surface area contributed by atoms with Gasteiger partial charge in [-0.05, 0) is 78.6 Å². The number of aryl methyl sites for hydroxylation is 1. The molecule has 2 aromatic carbocycles. The lowest BCUT2D eigenvalue weighted by Crippen LogP contribution is -2.36. The van der Waals surface area contributed by atoms with Crippen LogP contribution in [0, 0.1) is 0 Å². The Morgan fingerprint density at radius 2 is 1.81 bits per heavy atom. The number of ether oxygens (including phenoxy) is 1. The minimum Gasteiger partial charge on any atom is -0.420 e. The minimum atomic E-state index is -3.86. The Balaban J connectivity index is 1.09. The minimum absolute atomic E-state index is 0.0687. The van der Waals surface area contributed by atoms with E-state index >= 15 is 0 Å². The molecule has 4 aromatic heterocycles. The highest BCUT2D eigenvalue weighted by molar-refractivity contribution is 6.20. The number of pyridine rings is 1. The molecule has 53 heavy (non-hydrogen) atoms. The second-order valence-corrected chi connectivity index (χ2v) is 14.0. The number of halogens is 3. The van der Waals surface area contributed by atoms with E-state index in [1.54, 1.807) is 40.0 Å². The number of alkyl halides is 3. The second kappa shape index (κ2) is 12.3. The average Bonchev–Trinajstić information content (AvgIpc) is 3.91. The molecule has 15 heteroatoms. The number of hydrogen-bond acceptors (Lipinski definition) is 8. The molecule has 1 aliphatic heterocycles.